The maximum atomic E-state index is 10.8. The zero-order valence-electron chi connectivity index (χ0n) is 9.11. The van der Waals surface area contributed by atoms with Crippen molar-refractivity contribution < 1.29 is 9.90 Å². The number of rotatable bonds is 2. The summed E-state index contributed by atoms with van der Waals surface area (Å²) in [6, 6.07) is 6.02. The highest BCUT2D eigenvalue weighted by Gasteiger charge is 2.26. The van der Waals surface area contributed by atoms with Crippen molar-refractivity contribution >= 4 is 27.6 Å². The zero-order chi connectivity index (χ0) is 11.7. The standard InChI is InChI=1S/C12H14BrNO2/c1-14-6-5-8(7-11(15)16)12-9(13)3-2-4-10(12)14/h2-4,8H,5-7H2,1H3,(H,15,16). The van der Waals surface area contributed by atoms with Crippen molar-refractivity contribution in [3.05, 3.63) is 28.2 Å². The minimum atomic E-state index is -0.726. The lowest BCUT2D eigenvalue weighted by molar-refractivity contribution is -0.137. The third-order valence-electron chi connectivity index (χ3n) is 3.08. The predicted octanol–water partition coefficient (Wildman–Crippen LogP) is 2.85. The molecule has 1 N–H and O–H groups in total. The molecule has 0 saturated carbocycles. The number of halogens is 1. The molecule has 1 unspecified atom stereocenters. The highest BCUT2D eigenvalue weighted by Crippen LogP contribution is 2.40. The Labute approximate surface area is 103 Å². The predicted molar refractivity (Wildman–Crippen MR) is 67.0 cm³/mol. The highest BCUT2D eigenvalue weighted by atomic mass is 79.9. The molecule has 1 aromatic carbocycles. The number of hydrogen-bond acceptors (Lipinski definition) is 2. The van der Waals surface area contributed by atoms with Gasteiger partial charge in [-0.15, -0.1) is 0 Å². The number of anilines is 1. The Hall–Kier alpha value is -1.03. The normalized spacial score (nSPS) is 19.4. The van der Waals surface area contributed by atoms with Gasteiger partial charge in [-0.2, -0.15) is 0 Å². The SMILES string of the molecule is CN1CCC(CC(=O)O)c2c(Br)cccc21. The maximum Gasteiger partial charge on any atom is 0.303 e. The minimum absolute atomic E-state index is 0.124. The van der Waals surface area contributed by atoms with Crippen molar-refractivity contribution in [1.82, 2.24) is 0 Å². The van der Waals surface area contributed by atoms with Crippen molar-refractivity contribution in [2.24, 2.45) is 0 Å². The quantitative estimate of drug-likeness (QED) is 0.907. The molecule has 1 atom stereocenters. The summed E-state index contributed by atoms with van der Waals surface area (Å²) in [5, 5.41) is 8.92. The average Bonchev–Trinajstić information content (AvgIpc) is 2.22. The fourth-order valence-corrected chi connectivity index (χ4v) is 2.97. The third-order valence-corrected chi connectivity index (χ3v) is 3.77. The van der Waals surface area contributed by atoms with E-state index in [1.165, 1.54) is 0 Å². The van der Waals surface area contributed by atoms with E-state index in [1.54, 1.807) is 0 Å². The molecule has 0 aromatic heterocycles. The van der Waals surface area contributed by atoms with Gasteiger partial charge in [-0.1, -0.05) is 22.0 Å². The number of fused-ring (bicyclic) bond motifs is 1. The summed E-state index contributed by atoms with van der Waals surface area (Å²) >= 11 is 3.52. The van der Waals surface area contributed by atoms with Crippen LogP contribution >= 0.6 is 15.9 Å². The maximum absolute atomic E-state index is 10.8. The molecule has 16 heavy (non-hydrogen) atoms. The molecule has 1 aliphatic rings. The molecule has 0 fully saturated rings. The van der Waals surface area contributed by atoms with Crippen LogP contribution in [-0.4, -0.2) is 24.7 Å². The van der Waals surface area contributed by atoms with Crippen molar-refractivity contribution in [2.75, 3.05) is 18.5 Å². The van der Waals surface area contributed by atoms with Gasteiger partial charge in [0.1, 0.15) is 0 Å². The van der Waals surface area contributed by atoms with Gasteiger partial charge in [0.25, 0.3) is 0 Å². The molecule has 3 nitrogen and oxygen atoms in total. The number of aliphatic carboxylic acids is 1. The summed E-state index contributed by atoms with van der Waals surface area (Å²) < 4.78 is 1.02. The van der Waals surface area contributed by atoms with E-state index in [1.807, 2.05) is 25.2 Å². The van der Waals surface area contributed by atoms with Crippen molar-refractivity contribution in [1.29, 1.82) is 0 Å². The number of hydrogen-bond donors (Lipinski definition) is 1. The number of carboxylic acid groups (broad SMARTS) is 1. The first kappa shape index (κ1) is 11.5. The van der Waals surface area contributed by atoms with E-state index in [0.29, 0.717) is 0 Å². The molecule has 1 aromatic rings. The zero-order valence-corrected chi connectivity index (χ0v) is 10.7. The van der Waals surface area contributed by atoms with Gasteiger partial charge >= 0.3 is 5.97 Å². The lowest BCUT2D eigenvalue weighted by atomic mass is 9.88. The summed E-state index contributed by atoms with van der Waals surface area (Å²) in [5.74, 6) is -0.601. The second kappa shape index (κ2) is 4.45. The van der Waals surface area contributed by atoms with Crippen LogP contribution in [0.3, 0.4) is 0 Å². The van der Waals surface area contributed by atoms with E-state index in [4.69, 9.17) is 5.11 Å². The van der Waals surface area contributed by atoms with Gasteiger partial charge in [-0.3, -0.25) is 4.79 Å². The number of benzene rings is 1. The van der Waals surface area contributed by atoms with Gasteiger partial charge in [0, 0.05) is 23.8 Å². The molecule has 1 heterocycles. The topological polar surface area (TPSA) is 40.5 Å². The summed E-state index contributed by atoms with van der Waals surface area (Å²) in [4.78, 5) is 13.0. The molecule has 0 amide bonds. The Balaban J connectivity index is 2.42. The summed E-state index contributed by atoms with van der Waals surface area (Å²) in [6.07, 6.45) is 1.11. The van der Waals surface area contributed by atoms with E-state index in [0.717, 1.165) is 28.7 Å². The molecule has 1 aliphatic heterocycles. The lowest BCUT2D eigenvalue weighted by Gasteiger charge is -2.33. The molecule has 0 spiro atoms. The van der Waals surface area contributed by atoms with Gasteiger partial charge in [0.05, 0.1) is 6.42 Å². The molecule has 86 valence electrons. The van der Waals surface area contributed by atoms with E-state index in [9.17, 15) is 4.79 Å². The third kappa shape index (κ3) is 2.07. The van der Waals surface area contributed by atoms with E-state index in [-0.39, 0.29) is 12.3 Å². The van der Waals surface area contributed by atoms with Crippen LogP contribution in [0.2, 0.25) is 0 Å². The first-order valence-electron chi connectivity index (χ1n) is 5.31. The van der Waals surface area contributed by atoms with Crippen LogP contribution in [0.1, 0.15) is 24.3 Å². The Morgan fingerprint density at radius 2 is 2.38 bits per heavy atom. The second-order valence-electron chi connectivity index (χ2n) is 4.18. The highest BCUT2D eigenvalue weighted by molar-refractivity contribution is 9.10. The van der Waals surface area contributed by atoms with E-state index >= 15 is 0 Å². The fourth-order valence-electron chi connectivity index (χ4n) is 2.29. The van der Waals surface area contributed by atoms with Crippen molar-refractivity contribution in [2.45, 2.75) is 18.8 Å². The van der Waals surface area contributed by atoms with Crippen molar-refractivity contribution in [3.8, 4) is 0 Å². The summed E-state index contributed by atoms with van der Waals surface area (Å²) in [5.41, 5.74) is 2.28. The molecular formula is C12H14BrNO2. The van der Waals surface area contributed by atoms with Crippen LogP contribution in [0, 0.1) is 0 Å². The Morgan fingerprint density at radius 3 is 3.06 bits per heavy atom. The smallest absolute Gasteiger partial charge is 0.303 e. The molecule has 0 bridgehead atoms. The first-order chi connectivity index (χ1) is 7.59. The monoisotopic (exact) mass is 283 g/mol. The molecule has 4 heteroatoms. The van der Waals surface area contributed by atoms with Crippen molar-refractivity contribution in [3.63, 3.8) is 0 Å². The number of carbonyl (C=O) groups is 1. The van der Waals surface area contributed by atoms with Gasteiger partial charge in [0.2, 0.25) is 0 Å². The second-order valence-corrected chi connectivity index (χ2v) is 5.03. The fraction of sp³-hybridized carbons (Fsp3) is 0.417. The van der Waals surface area contributed by atoms with Crippen LogP contribution in [0.25, 0.3) is 0 Å². The molecule has 0 radical (unpaired) electrons. The Kier molecular flexibility index (Phi) is 3.19. The van der Waals surface area contributed by atoms with Crippen LogP contribution in [-0.2, 0) is 4.79 Å². The van der Waals surface area contributed by atoms with Gasteiger partial charge in [-0.05, 0) is 30.0 Å². The van der Waals surface area contributed by atoms with Gasteiger partial charge in [0.15, 0.2) is 0 Å². The van der Waals surface area contributed by atoms with E-state index < -0.39 is 5.97 Å². The molecular weight excluding hydrogens is 270 g/mol. The lowest BCUT2D eigenvalue weighted by Crippen LogP contribution is -2.28. The minimum Gasteiger partial charge on any atom is -0.481 e. The molecule has 2 rings (SSSR count). The number of carboxylic acids is 1. The Bertz CT molecular complexity index is 419. The summed E-state index contributed by atoms with van der Waals surface area (Å²) in [6.45, 7) is 0.918. The van der Waals surface area contributed by atoms with Crippen LogP contribution in [0.4, 0.5) is 5.69 Å². The number of nitrogens with zero attached hydrogens (tertiary/aromatic N) is 1. The molecule has 0 aliphatic carbocycles. The molecule has 0 saturated heterocycles. The van der Waals surface area contributed by atoms with Crippen LogP contribution < -0.4 is 4.90 Å². The van der Waals surface area contributed by atoms with Crippen LogP contribution in [0.15, 0.2) is 22.7 Å². The summed E-state index contributed by atoms with van der Waals surface area (Å²) in [7, 11) is 2.04. The average molecular weight is 284 g/mol. The van der Waals surface area contributed by atoms with E-state index in [2.05, 4.69) is 20.8 Å². The first-order valence-corrected chi connectivity index (χ1v) is 6.10. The van der Waals surface area contributed by atoms with Gasteiger partial charge < -0.3 is 10.0 Å². The Morgan fingerprint density at radius 1 is 1.62 bits per heavy atom. The van der Waals surface area contributed by atoms with Gasteiger partial charge in [-0.25, -0.2) is 0 Å². The van der Waals surface area contributed by atoms with Crippen LogP contribution in [0.5, 0.6) is 0 Å². The largest absolute Gasteiger partial charge is 0.481 e.